The topological polar surface area (TPSA) is 191 Å². The van der Waals surface area contributed by atoms with Gasteiger partial charge in [0.15, 0.2) is 6.61 Å². The summed E-state index contributed by atoms with van der Waals surface area (Å²) in [6.07, 6.45) is 5.99. The van der Waals surface area contributed by atoms with Crippen molar-refractivity contribution in [3.63, 3.8) is 0 Å². The molecule has 145 heavy (non-hydrogen) atoms. The van der Waals surface area contributed by atoms with Crippen molar-refractivity contribution in [2.75, 3.05) is 92.1 Å². The van der Waals surface area contributed by atoms with Crippen LogP contribution in [-0.2, 0) is 0 Å². The Morgan fingerprint density at radius 3 is 0.917 bits per heavy atom. The average Bonchev–Trinajstić information content (AvgIpc) is 0.799. The van der Waals surface area contributed by atoms with Gasteiger partial charge in [0.2, 0.25) is 0 Å². The normalized spacial score (nSPS) is 12.0. The summed E-state index contributed by atoms with van der Waals surface area (Å²) < 4.78 is 98.4. The molecule has 0 spiro atoms. The third-order valence-corrected chi connectivity index (χ3v) is 24.3. The van der Waals surface area contributed by atoms with E-state index in [9.17, 15) is 30.7 Å². The molecule has 0 saturated heterocycles. The van der Waals surface area contributed by atoms with Crippen molar-refractivity contribution in [3.05, 3.63) is 284 Å². The Morgan fingerprint density at radius 2 is 0.600 bits per heavy atom. The van der Waals surface area contributed by atoms with Crippen molar-refractivity contribution in [3.8, 4) is 67.1 Å². The summed E-state index contributed by atoms with van der Waals surface area (Å²) in [6.45, 7) is 46.8. The third-order valence-electron chi connectivity index (χ3n) is 23.1. The number of ether oxygens (including phenoxy) is 2. The van der Waals surface area contributed by atoms with E-state index in [1.807, 2.05) is 86.0 Å². The number of fused-ring (bicyclic) bond motifs is 5. The molecule has 0 aliphatic heterocycles. The number of nitrogens with one attached hydrogen (secondary N) is 9. The van der Waals surface area contributed by atoms with Crippen molar-refractivity contribution in [1.82, 2.24) is 46.2 Å². The molecule has 0 aliphatic carbocycles. The first-order valence-electron chi connectivity index (χ1n) is 49.0. The number of aryl methyl sites for hydroxylation is 4. The molecule has 9 N–H and O–H groups in total. The Kier molecular flexibility index (Phi) is 40.3. The lowest BCUT2D eigenvalue weighted by atomic mass is 9.90. The molecule has 0 saturated carbocycles. The summed E-state index contributed by atoms with van der Waals surface area (Å²) in [4.78, 5) is 22.9. The van der Waals surface area contributed by atoms with Crippen LogP contribution in [-0.4, -0.2) is 125 Å². The van der Waals surface area contributed by atoms with E-state index < -0.39 is 19.1 Å². The molecule has 15 aromatic rings. The van der Waals surface area contributed by atoms with E-state index in [1.54, 1.807) is 86.2 Å². The third kappa shape index (κ3) is 36.6. The van der Waals surface area contributed by atoms with Gasteiger partial charge in [0, 0.05) is 166 Å². The first-order valence-corrected chi connectivity index (χ1v) is 50.9. The van der Waals surface area contributed by atoms with Gasteiger partial charge >= 0.3 is 12.5 Å². The Bertz CT molecular complexity index is 6840. The van der Waals surface area contributed by atoms with Gasteiger partial charge in [-0.2, -0.15) is 13.2 Å². The minimum atomic E-state index is -4.72. The largest absolute Gasteiger partial charge is 0.573 e. The zero-order valence-electron chi connectivity index (χ0n) is 86.3. The minimum absolute atomic E-state index is 0.0413. The van der Waals surface area contributed by atoms with Crippen LogP contribution in [0.25, 0.3) is 110 Å². The second kappa shape index (κ2) is 51.3. The summed E-state index contributed by atoms with van der Waals surface area (Å²) in [5, 5.41) is 40.1. The number of hydrogen-bond acceptors (Lipinski definition) is 16. The monoisotopic (exact) mass is 2080 g/mol. The SMILES string of the molecule is CC(C)(C)CCCNc1c(-c2ccc(OC(F)(F)F)cc2)cnc2cc(Cl)ccc12.Cc1cc(OCC(F)(F)F)cc(-c2cnc3cc(Cl)ccc3c2NCCCNC(C)(C)C)c1.Cc1ccc(-c2cnc3cc(Cl)ccc3c2NCCCNC(C)(C)C)cc1.Cc1ccc(-c2cnc3cc(Cl)ccc3c2NCCCNC(C)(C)C)cc1F.Cc1cccc(-c2cnc3cc(Cl)ccc3c2NCCCNC(C)(C)C)c1. The Morgan fingerprint density at radius 1 is 0.290 bits per heavy atom. The lowest BCUT2D eigenvalue weighted by molar-refractivity contribution is -0.274. The fourth-order valence-corrected chi connectivity index (χ4v) is 16.9. The van der Waals surface area contributed by atoms with Crippen LogP contribution in [0, 0.1) is 38.9 Å². The molecular formula is C117H136Cl5F7N14O2. The highest BCUT2D eigenvalue weighted by Crippen LogP contribution is 2.43. The van der Waals surface area contributed by atoms with Crippen molar-refractivity contribution in [2.24, 2.45) is 5.41 Å². The average molecular weight is 2080 g/mol. The van der Waals surface area contributed by atoms with E-state index in [0.29, 0.717) is 37.2 Å². The Balaban J connectivity index is 0.000000173. The lowest BCUT2D eigenvalue weighted by Crippen LogP contribution is -2.36. The van der Waals surface area contributed by atoms with Gasteiger partial charge < -0.3 is 57.3 Å². The van der Waals surface area contributed by atoms with E-state index in [1.165, 1.54) is 34.4 Å². The van der Waals surface area contributed by atoms with Gasteiger partial charge in [-0.3, -0.25) is 24.9 Å². The fraction of sp³-hybridized carbons (Fsp3) is 0.359. The van der Waals surface area contributed by atoms with Crippen LogP contribution in [0.15, 0.2) is 231 Å². The smallest absolute Gasteiger partial charge is 0.484 e. The van der Waals surface area contributed by atoms with Crippen LogP contribution in [0.1, 0.15) is 165 Å². The summed E-state index contributed by atoms with van der Waals surface area (Å²) in [7, 11) is 0. The van der Waals surface area contributed by atoms with Crippen molar-refractivity contribution in [2.45, 2.75) is 205 Å². The molecule has 0 radical (unpaired) electrons. The molecule has 0 amide bonds. The van der Waals surface area contributed by atoms with E-state index in [-0.39, 0.29) is 44.9 Å². The van der Waals surface area contributed by atoms with E-state index in [4.69, 9.17) is 62.7 Å². The van der Waals surface area contributed by atoms with Crippen molar-refractivity contribution >= 4 is 141 Å². The number of pyridine rings is 5. The number of hydrogen-bond donors (Lipinski definition) is 9. The van der Waals surface area contributed by atoms with E-state index in [2.05, 4.69) is 256 Å². The second-order valence-corrected chi connectivity index (χ2v) is 43.9. The number of aromatic nitrogens is 5. The molecule has 0 bridgehead atoms. The maximum absolute atomic E-state index is 14.2. The lowest BCUT2D eigenvalue weighted by Gasteiger charge is -2.21. The molecule has 0 atom stereocenters. The molecule has 15 rings (SSSR count). The molecule has 5 heterocycles. The van der Waals surface area contributed by atoms with Crippen LogP contribution in [0.3, 0.4) is 0 Å². The van der Waals surface area contributed by atoms with E-state index in [0.717, 1.165) is 224 Å². The maximum atomic E-state index is 14.2. The number of nitrogens with zero attached hydrogens (tertiary/aromatic N) is 5. The molecule has 770 valence electrons. The summed E-state index contributed by atoms with van der Waals surface area (Å²) >= 11 is 30.7. The molecule has 5 aromatic heterocycles. The number of rotatable bonds is 32. The molecule has 28 heteroatoms. The van der Waals surface area contributed by atoms with Crippen LogP contribution >= 0.6 is 58.0 Å². The number of alkyl halides is 6. The molecule has 0 unspecified atom stereocenters. The summed E-state index contributed by atoms with van der Waals surface area (Å²) in [5.41, 5.74) is 23.0. The zero-order valence-corrected chi connectivity index (χ0v) is 90.1. The van der Waals surface area contributed by atoms with Crippen LogP contribution in [0.4, 0.5) is 59.2 Å². The molecular weight excluding hydrogens is 1940 g/mol. The predicted molar refractivity (Wildman–Crippen MR) is 599 cm³/mol. The van der Waals surface area contributed by atoms with Crippen LogP contribution in [0.2, 0.25) is 25.1 Å². The van der Waals surface area contributed by atoms with Gasteiger partial charge in [-0.15, -0.1) is 13.2 Å². The van der Waals surface area contributed by atoms with Crippen LogP contribution in [0.5, 0.6) is 11.5 Å². The Labute approximate surface area is 875 Å². The van der Waals surface area contributed by atoms with Gasteiger partial charge in [0.25, 0.3) is 0 Å². The number of anilines is 5. The first-order chi connectivity index (χ1) is 68.3. The summed E-state index contributed by atoms with van der Waals surface area (Å²) in [6, 6.07) is 61.8. The summed E-state index contributed by atoms with van der Waals surface area (Å²) in [5.74, 6) is -0.306. The highest BCUT2D eigenvalue weighted by molar-refractivity contribution is 6.33. The quantitative estimate of drug-likeness (QED) is 0.0143. The minimum Gasteiger partial charge on any atom is -0.484 e. The van der Waals surface area contributed by atoms with Crippen LogP contribution < -0.4 is 57.3 Å². The highest BCUT2D eigenvalue weighted by atomic mass is 35.5. The van der Waals surface area contributed by atoms with Crippen molar-refractivity contribution in [1.29, 1.82) is 0 Å². The zero-order chi connectivity index (χ0) is 105. The standard InChI is InChI=1S/C25H29ClF3N3O.C23H24ClF3N2O.C23H27ClFN3.2C23H28ClN3/c1-16-10-17(12-19(11-16)33-15-25(27,28)29)21-14-31-22-13-18(26)6-7-20(22)23(21)30-8-5-9-32-24(2,3)4;1-22(2,3)11-4-12-28-21-18-10-7-16(24)13-20(18)29-14-19(21)15-5-8-17(9-6-15)30-23(25,26)27;1-15-6-7-16(12-20(15)25)19-14-27-21-13-17(24)8-9-18(21)22(19)26-10-5-11-28-23(2,3)4;1-16-6-8-17(9-7-16)20-15-26-21-14-18(24)10-11-19(21)22(20)25-12-5-13-27-23(2,3)4;1-16-7-5-8-17(13-16)20-15-26-21-14-18(24)9-10-19(21)22(20)25-11-6-12-27-23(2,3)4/h6-7,10-14,32H,5,8-9,15H2,1-4H3,(H,30,31);5-10,13-14H,4,11-12H2,1-3H3,(H,28,29);6-9,12-14,28H,5,10-11H2,1-4H3,(H,26,27);6-11,14-15,27H,5,12-13H2,1-4H3,(H,25,26);5,7-10,13-15,27H,6,11-12H2,1-4H3,(H,25,26). The second-order valence-electron chi connectivity index (χ2n) is 41.7. The van der Waals surface area contributed by atoms with Gasteiger partial charge in [-0.1, -0.05) is 169 Å². The van der Waals surface area contributed by atoms with Gasteiger partial charge in [0.1, 0.15) is 17.3 Å². The Hall–Kier alpha value is -11.4. The highest BCUT2D eigenvalue weighted by Gasteiger charge is 2.32. The predicted octanol–water partition coefficient (Wildman–Crippen LogP) is 33.0. The van der Waals surface area contributed by atoms with Gasteiger partial charge in [-0.25, -0.2) is 4.39 Å². The number of halogens is 12. The molecule has 10 aromatic carbocycles. The van der Waals surface area contributed by atoms with E-state index >= 15 is 0 Å². The van der Waals surface area contributed by atoms with Crippen molar-refractivity contribution < 1.29 is 40.2 Å². The molecule has 0 fully saturated rings. The maximum Gasteiger partial charge on any atom is 0.573 e. The fourth-order valence-electron chi connectivity index (χ4n) is 16.1. The number of benzene rings is 10. The molecule has 0 aliphatic rings. The van der Waals surface area contributed by atoms with Gasteiger partial charge in [0.05, 0.1) is 56.0 Å². The molecule has 16 nitrogen and oxygen atoms in total. The first kappa shape index (κ1) is 114. The van der Waals surface area contributed by atoms with Gasteiger partial charge in [-0.05, 0) is 341 Å².